The van der Waals surface area contributed by atoms with Crippen LogP contribution in [0.1, 0.15) is 31.9 Å². The van der Waals surface area contributed by atoms with Crippen LogP contribution >= 0.6 is 11.6 Å². The van der Waals surface area contributed by atoms with E-state index in [0.29, 0.717) is 10.6 Å². The fraction of sp³-hybridized carbons (Fsp3) is 0.364. The zero-order valence-corrected chi connectivity index (χ0v) is 17.6. The first-order valence-corrected chi connectivity index (χ1v) is 9.63. The number of carbonyl (C=O) groups excluding carboxylic acids is 2. The molecule has 2 aromatic carbocycles. The predicted molar refractivity (Wildman–Crippen MR) is 111 cm³/mol. The third-order valence-corrected chi connectivity index (χ3v) is 5.52. The molecule has 0 aliphatic carbocycles. The van der Waals surface area contributed by atoms with Gasteiger partial charge < -0.3 is 10.2 Å². The molecule has 0 aromatic heterocycles. The zero-order valence-electron chi connectivity index (χ0n) is 16.9. The van der Waals surface area contributed by atoms with Gasteiger partial charge in [0, 0.05) is 24.5 Å². The van der Waals surface area contributed by atoms with E-state index in [1.165, 1.54) is 0 Å². The Morgan fingerprint density at radius 3 is 2.07 bits per heavy atom. The van der Waals surface area contributed by atoms with E-state index < -0.39 is 11.7 Å². The van der Waals surface area contributed by atoms with Gasteiger partial charge in [-0.2, -0.15) is 0 Å². The highest BCUT2D eigenvalue weighted by molar-refractivity contribution is 6.30. The molecule has 28 heavy (non-hydrogen) atoms. The minimum Gasteiger partial charge on any atom is -0.341 e. The quantitative estimate of drug-likeness (QED) is 0.827. The van der Waals surface area contributed by atoms with Crippen molar-refractivity contribution in [3.63, 3.8) is 0 Å². The summed E-state index contributed by atoms with van der Waals surface area (Å²) in [6, 6.07) is 16.3. The van der Waals surface area contributed by atoms with E-state index in [1.807, 2.05) is 63.2 Å². The molecule has 0 bridgehead atoms. The molecule has 2 aromatic rings. The van der Waals surface area contributed by atoms with Crippen LogP contribution in [0.4, 0.5) is 4.79 Å². The molecule has 1 aliphatic rings. The molecule has 1 N–H and O–H groups in total. The third kappa shape index (κ3) is 2.94. The van der Waals surface area contributed by atoms with E-state index in [0.717, 1.165) is 5.56 Å². The summed E-state index contributed by atoms with van der Waals surface area (Å²) in [4.78, 5) is 30.4. The maximum Gasteiger partial charge on any atom is 0.320 e. The Morgan fingerprint density at radius 1 is 1.04 bits per heavy atom. The standard InChI is InChI=1S/C22H26ClN3O2/c1-21(2,3)18-25(5)19(27)22(26(18)20(28)24-4,15-9-7-6-8-10-15)16-11-13-17(23)14-12-16/h6-14,18H,1-5H3,(H,24,28). The number of rotatable bonds is 2. The molecule has 2 unspecified atom stereocenters. The molecule has 3 rings (SSSR count). The van der Waals surface area contributed by atoms with Gasteiger partial charge in [-0.15, -0.1) is 0 Å². The van der Waals surface area contributed by atoms with Gasteiger partial charge in [0.2, 0.25) is 0 Å². The van der Waals surface area contributed by atoms with Crippen molar-refractivity contribution < 1.29 is 9.59 Å². The first-order chi connectivity index (χ1) is 13.2. The Balaban J connectivity index is 2.40. The Bertz CT molecular complexity index is 877. The molecule has 1 saturated heterocycles. The van der Waals surface area contributed by atoms with E-state index in [4.69, 9.17) is 11.6 Å². The van der Waals surface area contributed by atoms with Gasteiger partial charge in [0.05, 0.1) is 0 Å². The number of nitrogens with one attached hydrogen (secondary N) is 1. The van der Waals surface area contributed by atoms with Crippen LogP contribution in [0.25, 0.3) is 0 Å². The predicted octanol–water partition coefficient (Wildman–Crippen LogP) is 4.07. The molecule has 5 nitrogen and oxygen atoms in total. The van der Waals surface area contributed by atoms with Crippen LogP contribution in [0.15, 0.2) is 54.6 Å². The fourth-order valence-corrected chi connectivity index (χ4v) is 4.37. The highest BCUT2D eigenvalue weighted by Crippen LogP contribution is 2.48. The summed E-state index contributed by atoms with van der Waals surface area (Å²) in [6.07, 6.45) is -0.434. The van der Waals surface area contributed by atoms with Crippen LogP contribution in [0, 0.1) is 5.41 Å². The molecular formula is C22H26ClN3O2. The average molecular weight is 400 g/mol. The second-order valence-electron chi connectivity index (χ2n) is 8.16. The maximum absolute atomic E-state index is 13.9. The van der Waals surface area contributed by atoms with Crippen molar-refractivity contribution in [1.29, 1.82) is 0 Å². The molecule has 3 amide bonds. The van der Waals surface area contributed by atoms with E-state index >= 15 is 0 Å². The number of benzene rings is 2. The summed E-state index contributed by atoms with van der Waals surface area (Å²) in [5, 5.41) is 3.31. The number of carbonyl (C=O) groups is 2. The van der Waals surface area contributed by atoms with Gasteiger partial charge in [0.1, 0.15) is 6.17 Å². The lowest BCUT2D eigenvalue weighted by Gasteiger charge is -2.43. The molecular weight excluding hydrogens is 374 g/mol. The van der Waals surface area contributed by atoms with Crippen LogP contribution in [0.2, 0.25) is 5.02 Å². The third-order valence-electron chi connectivity index (χ3n) is 5.26. The second kappa shape index (κ2) is 7.13. The number of halogens is 1. The zero-order chi connectivity index (χ0) is 20.7. The average Bonchev–Trinajstić information content (AvgIpc) is 2.91. The van der Waals surface area contributed by atoms with Crippen molar-refractivity contribution >= 4 is 23.5 Å². The van der Waals surface area contributed by atoms with Crippen molar-refractivity contribution in [2.75, 3.05) is 14.1 Å². The van der Waals surface area contributed by atoms with Crippen molar-refractivity contribution in [2.45, 2.75) is 32.5 Å². The van der Waals surface area contributed by atoms with Crippen LogP contribution in [0.5, 0.6) is 0 Å². The minimum absolute atomic E-state index is 0.149. The smallest absolute Gasteiger partial charge is 0.320 e. The fourth-order valence-electron chi connectivity index (χ4n) is 4.24. The van der Waals surface area contributed by atoms with Gasteiger partial charge in [-0.3, -0.25) is 9.69 Å². The maximum atomic E-state index is 13.9. The lowest BCUT2D eigenvalue weighted by molar-refractivity contribution is -0.132. The summed E-state index contributed by atoms with van der Waals surface area (Å²) in [5.41, 5.74) is -0.196. The van der Waals surface area contributed by atoms with E-state index in [1.54, 1.807) is 36.0 Å². The first kappa shape index (κ1) is 20.2. The van der Waals surface area contributed by atoms with Crippen LogP contribution in [-0.4, -0.2) is 42.0 Å². The number of hydrogen-bond donors (Lipinski definition) is 1. The lowest BCUT2D eigenvalue weighted by Crippen LogP contribution is -2.57. The first-order valence-electron chi connectivity index (χ1n) is 9.25. The molecule has 0 radical (unpaired) electrons. The molecule has 1 fully saturated rings. The lowest BCUT2D eigenvalue weighted by atomic mass is 9.80. The van der Waals surface area contributed by atoms with Gasteiger partial charge in [-0.25, -0.2) is 4.79 Å². The summed E-state index contributed by atoms with van der Waals surface area (Å²) >= 11 is 6.11. The van der Waals surface area contributed by atoms with Crippen molar-refractivity contribution in [2.24, 2.45) is 5.41 Å². The van der Waals surface area contributed by atoms with Crippen molar-refractivity contribution in [3.8, 4) is 0 Å². The molecule has 1 heterocycles. The van der Waals surface area contributed by atoms with Crippen LogP contribution < -0.4 is 5.32 Å². The van der Waals surface area contributed by atoms with Crippen LogP contribution in [0.3, 0.4) is 0 Å². The molecule has 0 saturated carbocycles. The minimum atomic E-state index is -1.28. The number of nitrogens with zero attached hydrogens (tertiary/aromatic N) is 2. The largest absolute Gasteiger partial charge is 0.341 e. The van der Waals surface area contributed by atoms with E-state index in [9.17, 15) is 9.59 Å². The van der Waals surface area contributed by atoms with E-state index in [2.05, 4.69) is 5.32 Å². The topological polar surface area (TPSA) is 52.7 Å². The van der Waals surface area contributed by atoms with Gasteiger partial charge >= 0.3 is 6.03 Å². The number of urea groups is 1. The SMILES string of the molecule is CNC(=O)N1C(C(C)(C)C)N(C)C(=O)C1(c1ccccc1)c1ccc(Cl)cc1. The van der Waals surface area contributed by atoms with Gasteiger partial charge in [0.25, 0.3) is 5.91 Å². The van der Waals surface area contributed by atoms with E-state index in [-0.39, 0.29) is 17.4 Å². The normalized spacial score (nSPS) is 22.5. The number of likely N-dealkylation sites (N-methyl/N-ethyl adjacent to an activating group) is 1. The van der Waals surface area contributed by atoms with Crippen molar-refractivity contribution in [1.82, 2.24) is 15.1 Å². The van der Waals surface area contributed by atoms with Gasteiger partial charge in [0.15, 0.2) is 5.54 Å². The molecule has 2 atom stereocenters. The molecule has 0 spiro atoms. The molecule has 148 valence electrons. The van der Waals surface area contributed by atoms with Gasteiger partial charge in [-0.1, -0.05) is 74.8 Å². The van der Waals surface area contributed by atoms with Crippen LogP contribution in [-0.2, 0) is 10.3 Å². The highest BCUT2D eigenvalue weighted by Gasteiger charge is 2.62. The summed E-state index contributed by atoms with van der Waals surface area (Å²) in [7, 11) is 3.34. The Kier molecular flexibility index (Phi) is 5.15. The number of amides is 3. The summed E-state index contributed by atoms with van der Waals surface area (Å²) < 4.78 is 0. The Hall–Kier alpha value is -2.53. The Morgan fingerprint density at radius 2 is 1.57 bits per heavy atom. The highest BCUT2D eigenvalue weighted by atomic mass is 35.5. The monoisotopic (exact) mass is 399 g/mol. The second-order valence-corrected chi connectivity index (χ2v) is 8.60. The summed E-state index contributed by atoms with van der Waals surface area (Å²) in [6.45, 7) is 6.08. The molecule has 6 heteroatoms. The Labute approximate surface area is 171 Å². The molecule has 1 aliphatic heterocycles. The number of hydrogen-bond acceptors (Lipinski definition) is 2. The van der Waals surface area contributed by atoms with Gasteiger partial charge in [-0.05, 0) is 23.3 Å². The summed E-state index contributed by atoms with van der Waals surface area (Å²) in [5.74, 6) is -0.149. The van der Waals surface area contributed by atoms with Crippen molar-refractivity contribution in [3.05, 3.63) is 70.7 Å².